The Morgan fingerprint density at radius 3 is 2.15 bits per heavy atom. The highest BCUT2D eigenvalue weighted by molar-refractivity contribution is 9.10. The Hall–Kier alpha value is -3.23. The van der Waals surface area contributed by atoms with E-state index in [1.165, 1.54) is 27.4 Å². The van der Waals surface area contributed by atoms with E-state index in [-0.39, 0.29) is 11.1 Å². The van der Waals surface area contributed by atoms with Crippen molar-refractivity contribution in [1.29, 1.82) is 0 Å². The zero-order valence-corrected chi connectivity index (χ0v) is 20.8. The van der Waals surface area contributed by atoms with Crippen molar-refractivity contribution >= 4 is 50.7 Å². The molecule has 9 heteroatoms. The van der Waals surface area contributed by atoms with Crippen LogP contribution in [0.25, 0.3) is 0 Å². The summed E-state index contributed by atoms with van der Waals surface area (Å²) in [6.45, 7) is 1.88. The van der Waals surface area contributed by atoms with Crippen molar-refractivity contribution < 1.29 is 23.8 Å². The summed E-state index contributed by atoms with van der Waals surface area (Å²) >= 11 is 9.56. The van der Waals surface area contributed by atoms with Crippen LogP contribution in [0, 0.1) is 6.92 Å². The molecule has 2 N–H and O–H groups in total. The van der Waals surface area contributed by atoms with Crippen LogP contribution in [0.3, 0.4) is 0 Å². The molecule has 0 saturated heterocycles. The third kappa shape index (κ3) is 5.23. The van der Waals surface area contributed by atoms with Gasteiger partial charge in [0, 0.05) is 10.7 Å². The van der Waals surface area contributed by atoms with Gasteiger partial charge in [-0.15, -0.1) is 0 Å². The van der Waals surface area contributed by atoms with Gasteiger partial charge < -0.3 is 24.8 Å². The lowest BCUT2D eigenvalue weighted by Gasteiger charge is -2.17. The highest BCUT2D eigenvalue weighted by Gasteiger charge is 2.24. The number of carbonyl (C=O) groups excluding carboxylic acids is 2. The second-order valence-corrected chi connectivity index (χ2v) is 8.12. The fraction of sp³-hybridized carbons (Fsp3) is 0.167. The quantitative estimate of drug-likeness (QED) is 0.392. The summed E-state index contributed by atoms with van der Waals surface area (Å²) in [5.41, 5.74) is 2.30. The van der Waals surface area contributed by atoms with Gasteiger partial charge in [-0.05, 0) is 58.7 Å². The molecule has 0 heterocycles. The van der Waals surface area contributed by atoms with Crippen molar-refractivity contribution in [2.24, 2.45) is 0 Å². The Morgan fingerprint density at radius 1 is 0.848 bits per heavy atom. The topological polar surface area (TPSA) is 85.9 Å². The molecule has 7 nitrogen and oxygen atoms in total. The summed E-state index contributed by atoms with van der Waals surface area (Å²) in [6, 6.07) is 13.5. The number of ether oxygens (including phenoxy) is 3. The Bertz CT molecular complexity index is 1220. The summed E-state index contributed by atoms with van der Waals surface area (Å²) in [5.74, 6) is 0.115. The third-order valence-electron chi connectivity index (χ3n) is 4.86. The van der Waals surface area contributed by atoms with Crippen molar-refractivity contribution in [2.45, 2.75) is 6.92 Å². The summed E-state index contributed by atoms with van der Waals surface area (Å²) in [6.07, 6.45) is 0. The average molecular weight is 534 g/mol. The first-order valence-corrected chi connectivity index (χ1v) is 10.9. The van der Waals surface area contributed by atoms with Crippen LogP contribution in [0.15, 0.2) is 53.0 Å². The molecule has 0 saturated carbocycles. The fourth-order valence-corrected chi connectivity index (χ4v) is 3.95. The number of benzene rings is 3. The van der Waals surface area contributed by atoms with Gasteiger partial charge in [0.1, 0.15) is 0 Å². The monoisotopic (exact) mass is 532 g/mol. The molecule has 3 aromatic rings. The molecule has 0 atom stereocenters. The number of hydrogen-bond acceptors (Lipinski definition) is 5. The Labute approximate surface area is 205 Å². The summed E-state index contributed by atoms with van der Waals surface area (Å²) in [5, 5.41) is 6.13. The number of carbonyl (C=O) groups is 2. The summed E-state index contributed by atoms with van der Waals surface area (Å²) < 4.78 is 16.5. The van der Waals surface area contributed by atoms with Gasteiger partial charge in [0.2, 0.25) is 5.75 Å². The Kier molecular flexibility index (Phi) is 7.84. The molecule has 0 aliphatic carbocycles. The van der Waals surface area contributed by atoms with Crippen LogP contribution in [0.5, 0.6) is 17.2 Å². The number of anilines is 2. The largest absolute Gasteiger partial charge is 0.493 e. The lowest BCUT2D eigenvalue weighted by Crippen LogP contribution is -2.19. The van der Waals surface area contributed by atoms with Gasteiger partial charge in [0.15, 0.2) is 11.5 Å². The van der Waals surface area contributed by atoms with E-state index in [0.29, 0.717) is 38.1 Å². The number of para-hydroxylation sites is 1. The fourth-order valence-electron chi connectivity index (χ4n) is 3.14. The summed E-state index contributed by atoms with van der Waals surface area (Å²) in [7, 11) is 4.40. The SMILES string of the molecule is COc1cc(C(=O)Nc2ccccc2C(=O)Nc2ccc(C)c(Cl)c2)c(Br)c(OC)c1OC. The molecular weight excluding hydrogens is 512 g/mol. The molecular formula is C24H22BrClN2O5. The third-order valence-corrected chi connectivity index (χ3v) is 6.06. The molecule has 0 bridgehead atoms. The maximum absolute atomic E-state index is 13.1. The normalized spacial score (nSPS) is 10.4. The predicted octanol–water partition coefficient (Wildman–Crippen LogP) is 5.94. The van der Waals surface area contributed by atoms with Crippen LogP contribution >= 0.6 is 27.5 Å². The number of hydrogen-bond donors (Lipinski definition) is 2. The van der Waals surface area contributed by atoms with E-state index in [1.807, 2.05) is 13.0 Å². The number of rotatable bonds is 7. The van der Waals surface area contributed by atoms with E-state index in [2.05, 4.69) is 26.6 Å². The standard InChI is InChI=1S/C24H22BrClN2O5/c1-13-9-10-14(11-17(13)26)27-23(29)15-7-5-6-8-18(15)28-24(30)16-12-19(31-2)21(32-3)22(33-4)20(16)25/h5-12H,1-4H3,(H,27,29)(H,28,30). The molecule has 33 heavy (non-hydrogen) atoms. The first-order chi connectivity index (χ1) is 15.8. The lowest BCUT2D eigenvalue weighted by atomic mass is 10.1. The van der Waals surface area contributed by atoms with Gasteiger partial charge in [-0.2, -0.15) is 0 Å². The van der Waals surface area contributed by atoms with Gasteiger partial charge >= 0.3 is 0 Å². The molecule has 0 aliphatic rings. The zero-order chi connectivity index (χ0) is 24.1. The first-order valence-electron chi connectivity index (χ1n) is 9.77. The van der Waals surface area contributed by atoms with Gasteiger partial charge in [-0.25, -0.2) is 0 Å². The molecule has 0 radical (unpaired) electrons. The zero-order valence-electron chi connectivity index (χ0n) is 18.4. The van der Waals surface area contributed by atoms with Crippen molar-refractivity contribution in [3.63, 3.8) is 0 Å². The molecule has 172 valence electrons. The maximum atomic E-state index is 13.1. The first kappa shape index (κ1) is 24.4. The maximum Gasteiger partial charge on any atom is 0.257 e. The van der Waals surface area contributed by atoms with Crippen molar-refractivity contribution in [3.8, 4) is 17.2 Å². The molecule has 0 fully saturated rings. The van der Waals surface area contributed by atoms with Crippen molar-refractivity contribution in [3.05, 3.63) is 74.7 Å². The van der Waals surface area contributed by atoms with Crippen LogP contribution < -0.4 is 24.8 Å². The smallest absolute Gasteiger partial charge is 0.257 e. The van der Waals surface area contributed by atoms with Crippen LogP contribution in [0.2, 0.25) is 5.02 Å². The number of aryl methyl sites for hydroxylation is 1. The van der Waals surface area contributed by atoms with E-state index in [4.69, 9.17) is 25.8 Å². The Balaban J connectivity index is 1.91. The van der Waals surface area contributed by atoms with Gasteiger partial charge in [0.05, 0.1) is 42.6 Å². The summed E-state index contributed by atoms with van der Waals surface area (Å²) in [4.78, 5) is 26.1. The molecule has 0 aromatic heterocycles. The van der Waals surface area contributed by atoms with E-state index < -0.39 is 11.8 Å². The minimum absolute atomic E-state index is 0.241. The molecule has 0 spiro atoms. The van der Waals surface area contributed by atoms with Crippen LogP contribution in [0.1, 0.15) is 26.3 Å². The molecule has 2 amide bonds. The van der Waals surface area contributed by atoms with Crippen LogP contribution in [-0.2, 0) is 0 Å². The van der Waals surface area contributed by atoms with Gasteiger partial charge in [0.25, 0.3) is 11.8 Å². The molecule has 0 unspecified atom stereocenters. The number of nitrogens with one attached hydrogen (secondary N) is 2. The number of amides is 2. The minimum atomic E-state index is -0.472. The van der Waals surface area contributed by atoms with E-state index in [9.17, 15) is 9.59 Å². The highest BCUT2D eigenvalue weighted by Crippen LogP contribution is 2.44. The molecule has 3 rings (SSSR count). The van der Waals surface area contributed by atoms with E-state index >= 15 is 0 Å². The predicted molar refractivity (Wildman–Crippen MR) is 132 cm³/mol. The molecule has 3 aromatic carbocycles. The second-order valence-electron chi connectivity index (χ2n) is 6.92. The Morgan fingerprint density at radius 2 is 1.52 bits per heavy atom. The van der Waals surface area contributed by atoms with Crippen molar-refractivity contribution in [1.82, 2.24) is 0 Å². The number of halogens is 2. The van der Waals surface area contributed by atoms with Crippen LogP contribution in [0.4, 0.5) is 11.4 Å². The average Bonchev–Trinajstić information content (AvgIpc) is 2.81. The highest BCUT2D eigenvalue weighted by atomic mass is 79.9. The molecule has 0 aliphatic heterocycles. The van der Waals surface area contributed by atoms with Gasteiger partial charge in [-0.1, -0.05) is 29.8 Å². The second kappa shape index (κ2) is 10.6. The van der Waals surface area contributed by atoms with Crippen LogP contribution in [-0.4, -0.2) is 33.1 Å². The minimum Gasteiger partial charge on any atom is -0.493 e. The van der Waals surface area contributed by atoms with Gasteiger partial charge in [-0.3, -0.25) is 9.59 Å². The number of methoxy groups -OCH3 is 3. The van der Waals surface area contributed by atoms with E-state index in [0.717, 1.165) is 5.56 Å². The lowest BCUT2D eigenvalue weighted by molar-refractivity contribution is 0.102. The van der Waals surface area contributed by atoms with E-state index in [1.54, 1.807) is 36.4 Å². The van der Waals surface area contributed by atoms with Crippen molar-refractivity contribution in [2.75, 3.05) is 32.0 Å².